The van der Waals surface area contributed by atoms with Crippen molar-refractivity contribution in [2.75, 3.05) is 32.7 Å². The lowest BCUT2D eigenvalue weighted by molar-refractivity contribution is 0.0155. The van der Waals surface area contributed by atoms with Crippen LogP contribution in [0, 0.1) is 0 Å². The molecule has 0 radical (unpaired) electrons. The number of alkyl halides is 1. The molecule has 0 spiro atoms. The van der Waals surface area contributed by atoms with E-state index >= 15 is 0 Å². The molecule has 1 aliphatic heterocycles. The summed E-state index contributed by atoms with van der Waals surface area (Å²) in [5.74, 6) is 1.24. The first-order valence-corrected chi connectivity index (χ1v) is 7.76. The van der Waals surface area contributed by atoms with E-state index in [2.05, 4.69) is 0 Å². The van der Waals surface area contributed by atoms with Crippen LogP contribution in [-0.4, -0.2) is 49.6 Å². The van der Waals surface area contributed by atoms with Crippen molar-refractivity contribution in [3.8, 4) is 5.75 Å². The monoisotopic (exact) mass is 303 g/mol. The second-order valence-electron chi connectivity index (χ2n) is 4.37. The summed E-state index contributed by atoms with van der Waals surface area (Å²) in [6.45, 7) is 2.04. The highest BCUT2D eigenvalue weighted by molar-refractivity contribution is 7.12. The molecule has 1 amide bonds. The van der Waals surface area contributed by atoms with E-state index in [-0.39, 0.29) is 12.0 Å². The Bertz CT molecular complexity index is 416. The van der Waals surface area contributed by atoms with Crippen LogP contribution < -0.4 is 4.74 Å². The standard InChI is InChI=1S/C13H18ClNO3S/c1-17-11-4-9-19-12(11)13(16)15-6-2-10(3-7-15)18-8-5-14/h4,9-10H,2-3,5-8H2,1H3. The Hall–Kier alpha value is -0.780. The smallest absolute Gasteiger partial charge is 0.267 e. The summed E-state index contributed by atoms with van der Waals surface area (Å²) in [5, 5.41) is 1.88. The molecule has 4 nitrogen and oxygen atoms in total. The number of hydrogen-bond acceptors (Lipinski definition) is 4. The minimum absolute atomic E-state index is 0.0580. The number of halogens is 1. The summed E-state index contributed by atoms with van der Waals surface area (Å²) in [4.78, 5) is 14.9. The second kappa shape index (κ2) is 7.12. The number of amides is 1. The predicted octanol–water partition coefficient (Wildman–Crippen LogP) is 2.62. The molecule has 0 aliphatic carbocycles. The van der Waals surface area contributed by atoms with Crippen LogP contribution >= 0.6 is 22.9 Å². The first kappa shape index (κ1) is 14.6. The van der Waals surface area contributed by atoms with Crippen LogP contribution in [-0.2, 0) is 4.74 Å². The average molecular weight is 304 g/mol. The Morgan fingerprint density at radius 1 is 1.53 bits per heavy atom. The molecule has 19 heavy (non-hydrogen) atoms. The molecular weight excluding hydrogens is 286 g/mol. The molecule has 1 aromatic rings. The number of ether oxygens (including phenoxy) is 2. The van der Waals surface area contributed by atoms with E-state index in [1.54, 1.807) is 7.11 Å². The zero-order chi connectivity index (χ0) is 13.7. The molecule has 1 aliphatic rings. The van der Waals surface area contributed by atoms with Crippen LogP contribution in [0.15, 0.2) is 11.4 Å². The largest absolute Gasteiger partial charge is 0.495 e. The van der Waals surface area contributed by atoms with Crippen molar-refractivity contribution in [3.05, 3.63) is 16.3 Å². The Morgan fingerprint density at radius 2 is 2.26 bits per heavy atom. The van der Waals surface area contributed by atoms with E-state index in [1.165, 1.54) is 11.3 Å². The molecule has 2 heterocycles. The fraction of sp³-hybridized carbons (Fsp3) is 0.615. The lowest BCUT2D eigenvalue weighted by atomic mass is 10.1. The third-order valence-electron chi connectivity index (χ3n) is 3.20. The van der Waals surface area contributed by atoms with Gasteiger partial charge in [-0.2, -0.15) is 0 Å². The van der Waals surface area contributed by atoms with Gasteiger partial charge in [-0.1, -0.05) is 0 Å². The van der Waals surface area contributed by atoms with Crippen LogP contribution in [0.3, 0.4) is 0 Å². The summed E-state index contributed by atoms with van der Waals surface area (Å²) in [6, 6.07) is 1.83. The summed E-state index contributed by atoms with van der Waals surface area (Å²) in [6.07, 6.45) is 1.97. The van der Waals surface area contributed by atoms with Crippen LogP contribution in [0.2, 0.25) is 0 Å². The van der Waals surface area contributed by atoms with Crippen LogP contribution in [0.1, 0.15) is 22.5 Å². The van der Waals surface area contributed by atoms with Crippen LogP contribution in [0.25, 0.3) is 0 Å². The number of likely N-dealkylation sites (tertiary alicyclic amines) is 1. The number of piperidine rings is 1. The van der Waals surface area contributed by atoms with Crippen molar-refractivity contribution in [2.45, 2.75) is 18.9 Å². The fourth-order valence-electron chi connectivity index (χ4n) is 2.19. The van der Waals surface area contributed by atoms with Crippen molar-refractivity contribution < 1.29 is 14.3 Å². The summed E-state index contributed by atoms with van der Waals surface area (Å²) >= 11 is 7.02. The van der Waals surface area contributed by atoms with E-state index < -0.39 is 0 Å². The Morgan fingerprint density at radius 3 is 2.89 bits per heavy atom. The molecule has 106 valence electrons. The van der Waals surface area contributed by atoms with E-state index in [0.29, 0.717) is 23.1 Å². The van der Waals surface area contributed by atoms with Gasteiger partial charge in [0.15, 0.2) is 0 Å². The molecule has 6 heteroatoms. The number of hydrogen-bond donors (Lipinski definition) is 0. The molecule has 2 rings (SSSR count). The molecular formula is C13H18ClNO3S. The number of methoxy groups -OCH3 is 1. The molecule has 0 saturated carbocycles. The van der Waals surface area contributed by atoms with Gasteiger partial charge in [0.25, 0.3) is 5.91 Å². The van der Waals surface area contributed by atoms with Gasteiger partial charge in [0, 0.05) is 19.0 Å². The van der Waals surface area contributed by atoms with Gasteiger partial charge < -0.3 is 14.4 Å². The minimum Gasteiger partial charge on any atom is -0.495 e. The number of carbonyl (C=O) groups excluding carboxylic acids is 1. The Kier molecular flexibility index (Phi) is 5.48. The zero-order valence-corrected chi connectivity index (χ0v) is 12.5. The lowest BCUT2D eigenvalue weighted by Crippen LogP contribution is -2.40. The van der Waals surface area contributed by atoms with Crippen molar-refractivity contribution in [1.29, 1.82) is 0 Å². The first-order chi connectivity index (χ1) is 9.26. The third-order valence-corrected chi connectivity index (χ3v) is 4.24. The summed E-state index contributed by atoms with van der Waals surface area (Å²) in [7, 11) is 1.59. The van der Waals surface area contributed by atoms with Gasteiger partial charge in [-0.3, -0.25) is 4.79 Å². The third kappa shape index (κ3) is 3.61. The van der Waals surface area contributed by atoms with Gasteiger partial charge >= 0.3 is 0 Å². The van der Waals surface area contributed by atoms with Crippen LogP contribution in [0.5, 0.6) is 5.75 Å². The van der Waals surface area contributed by atoms with Crippen molar-refractivity contribution in [2.24, 2.45) is 0 Å². The number of carbonyl (C=O) groups is 1. The maximum absolute atomic E-state index is 12.4. The van der Waals surface area contributed by atoms with Gasteiger partial charge in [-0.05, 0) is 24.3 Å². The van der Waals surface area contributed by atoms with E-state index in [9.17, 15) is 4.79 Å². The fourth-order valence-corrected chi connectivity index (χ4v) is 3.11. The highest BCUT2D eigenvalue weighted by atomic mass is 35.5. The molecule has 1 aromatic heterocycles. The van der Waals surface area contributed by atoms with Crippen molar-refractivity contribution in [1.82, 2.24) is 4.90 Å². The van der Waals surface area contributed by atoms with E-state index in [4.69, 9.17) is 21.1 Å². The lowest BCUT2D eigenvalue weighted by Gasteiger charge is -2.31. The second-order valence-corrected chi connectivity index (χ2v) is 5.66. The van der Waals surface area contributed by atoms with Gasteiger partial charge in [0.2, 0.25) is 0 Å². The molecule has 0 unspecified atom stereocenters. The molecule has 1 fully saturated rings. The molecule has 0 N–H and O–H groups in total. The molecule has 0 atom stereocenters. The maximum Gasteiger partial charge on any atom is 0.267 e. The SMILES string of the molecule is COc1ccsc1C(=O)N1CCC(OCCCl)CC1. The predicted molar refractivity (Wildman–Crippen MR) is 76.5 cm³/mol. The van der Waals surface area contributed by atoms with Crippen LogP contribution in [0.4, 0.5) is 0 Å². The maximum atomic E-state index is 12.4. The number of thiophene rings is 1. The van der Waals surface area contributed by atoms with E-state index in [0.717, 1.165) is 25.9 Å². The molecule has 0 aromatic carbocycles. The van der Waals surface area contributed by atoms with Crippen molar-refractivity contribution in [3.63, 3.8) is 0 Å². The number of rotatable bonds is 5. The summed E-state index contributed by atoms with van der Waals surface area (Å²) in [5.41, 5.74) is 0. The van der Waals surface area contributed by atoms with Crippen molar-refractivity contribution >= 4 is 28.8 Å². The quantitative estimate of drug-likeness (QED) is 0.785. The normalized spacial score (nSPS) is 16.6. The number of nitrogens with zero attached hydrogens (tertiary/aromatic N) is 1. The summed E-state index contributed by atoms with van der Waals surface area (Å²) < 4.78 is 10.8. The Balaban J connectivity index is 1.89. The Labute approximate surface area is 122 Å². The minimum atomic E-state index is 0.0580. The van der Waals surface area contributed by atoms with Gasteiger partial charge in [0.05, 0.1) is 19.8 Å². The molecule has 1 saturated heterocycles. The van der Waals surface area contributed by atoms with Gasteiger partial charge in [-0.15, -0.1) is 22.9 Å². The highest BCUT2D eigenvalue weighted by Crippen LogP contribution is 2.27. The highest BCUT2D eigenvalue weighted by Gasteiger charge is 2.26. The van der Waals surface area contributed by atoms with Gasteiger partial charge in [0.1, 0.15) is 10.6 Å². The first-order valence-electron chi connectivity index (χ1n) is 6.34. The zero-order valence-electron chi connectivity index (χ0n) is 10.9. The molecule has 0 bridgehead atoms. The topological polar surface area (TPSA) is 38.8 Å². The van der Waals surface area contributed by atoms with Gasteiger partial charge in [-0.25, -0.2) is 0 Å². The van der Waals surface area contributed by atoms with E-state index in [1.807, 2.05) is 16.3 Å². The average Bonchev–Trinajstić information content (AvgIpc) is 2.93.